The van der Waals surface area contributed by atoms with Crippen LogP contribution < -0.4 is 0 Å². The van der Waals surface area contributed by atoms with Crippen LogP contribution in [0, 0.1) is 12.7 Å². The minimum absolute atomic E-state index is 0.171. The topological polar surface area (TPSA) is 43.4 Å². The zero-order chi connectivity index (χ0) is 16.3. The fourth-order valence-corrected chi connectivity index (χ4v) is 2.40. The van der Waals surface area contributed by atoms with E-state index in [0.717, 1.165) is 11.6 Å². The molecule has 22 heavy (non-hydrogen) atoms. The van der Waals surface area contributed by atoms with Crippen LogP contribution in [0.2, 0.25) is 0 Å². The first kappa shape index (κ1) is 16.4. The van der Waals surface area contributed by atoms with Crippen LogP contribution in [-0.2, 0) is 4.74 Å². The molecule has 0 N–H and O–H groups in total. The number of carbonyl (C=O) groups is 2. The third-order valence-electron chi connectivity index (χ3n) is 3.14. The second kappa shape index (κ2) is 6.83. The van der Waals surface area contributed by atoms with Crippen molar-refractivity contribution >= 4 is 27.7 Å². The molecule has 0 bridgehead atoms. The first-order valence-electron chi connectivity index (χ1n) is 6.65. The minimum atomic E-state index is -0.924. The maximum Gasteiger partial charge on any atom is 0.340 e. The molecule has 2 aromatic rings. The van der Waals surface area contributed by atoms with Crippen molar-refractivity contribution < 1.29 is 18.7 Å². The predicted molar refractivity (Wildman–Crippen MR) is 84.5 cm³/mol. The van der Waals surface area contributed by atoms with Crippen LogP contribution in [0.5, 0.6) is 0 Å². The smallest absolute Gasteiger partial charge is 0.340 e. The number of ether oxygens (including phenoxy) is 1. The third kappa shape index (κ3) is 3.80. The highest BCUT2D eigenvalue weighted by Gasteiger charge is 2.21. The summed E-state index contributed by atoms with van der Waals surface area (Å²) in [5, 5.41) is 0. The molecule has 0 unspecified atom stereocenters. The van der Waals surface area contributed by atoms with E-state index in [1.165, 1.54) is 19.1 Å². The Labute approximate surface area is 136 Å². The lowest BCUT2D eigenvalue weighted by Gasteiger charge is -2.13. The van der Waals surface area contributed by atoms with E-state index in [1.54, 1.807) is 12.1 Å². The van der Waals surface area contributed by atoms with E-state index in [2.05, 4.69) is 15.9 Å². The molecule has 0 aliphatic rings. The van der Waals surface area contributed by atoms with E-state index in [-0.39, 0.29) is 15.8 Å². The van der Waals surface area contributed by atoms with Gasteiger partial charge in [-0.2, -0.15) is 0 Å². The van der Waals surface area contributed by atoms with Crippen LogP contribution in [0.3, 0.4) is 0 Å². The molecule has 0 saturated heterocycles. The van der Waals surface area contributed by atoms with Gasteiger partial charge < -0.3 is 4.74 Å². The second-order valence-corrected chi connectivity index (χ2v) is 5.76. The lowest BCUT2D eigenvalue weighted by Crippen LogP contribution is -2.24. The van der Waals surface area contributed by atoms with Gasteiger partial charge in [0, 0.05) is 10.0 Å². The summed E-state index contributed by atoms with van der Waals surface area (Å²) in [5.41, 5.74) is 1.69. The van der Waals surface area contributed by atoms with Crippen LogP contribution in [-0.4, -0.2) is 17.9 Å². The number of halogens is 2. The number of Topliss-reactive ketones (excluding diaryl/α,β-unsaturated/α-hetero) is 1. The average Bonchev–Trinajstić information content (AvgIpc) is 2.47. The number of hydrogen-bond acceptors (Lipinski definition) is 3. The van der Waals surface area contributed by atoms with E-state index < -0.39 is 17.9 Å². The van der Waals surface area contributed by atoms with Gasteiger partial charge in [-0.15, -0.1) is 0 Å². The number of aryl methyl sites for hydroxylation is 1. The van der Waals surface area contributed by atoms with Crippen molar-refractivity contribution in [1.29, 1.82) is 0 Å². The van der Waals surface area contributed by atoms with Crippen LogP contribution in [0.25, 0.3) is 0 Å². The zero-order valence-corrected chi connectivity index (χ0v) is 13.7. The Morgan fingerprint density at radius 3 is 2.36 bits per heavy atom. The predicted octanol–water partition coefficient (Wildman–Crippen LogP) is 4.32. The van der Waals surface area contributed by atoms with Crippen molar-refractivity contribution in [3.05, 3.63) is 69.4 Å². The molecule has 0 aliphatic carbocycles. The first-order valence-corrected chi connectivity index (χ1v) is 7.44. The Bertz CT molecular complexity index is 710. The van der Waals surface area contributed by atoms with Gasteiger partial charge in [-0.3, -0.25) is 4.79 Å². The third-order valence-corrected chi connectivity index (χ3v) is 3.80. The molecule has 2 rings (SSSR count). The van der Waals surface area contributed by atoms with Crippen molar-refractivity contribution in [1.82, 2.24) is 0 Å². The van der Waals surface area contributed by atoms with Gasteiger partial charge in [-0.05, 0) is 48.0 Å². The standard InChI is InChI=1S/C17H14BrFO3/c1-10-3-5-12(6-4-10)16(20)11(2)22-17(21)14-8-7-13(19)9-15(14)18/h3-9,11H,1-2H3/t11-/m0/s1. The van der Waals surface area contributed by atoms with Crippen molar-refractivity contribution in [3.63, 3.8) is 0 Å². The molecule has 0 radical (unpaired) electrons. The quantitative estimate of drug-likeness (QED) is 0.599. The molecule has 1 atom stereocenters. The molecule has 0 fully saturated rings. The lowest BCUT2D eigenvalue weighted by atomic mass is 10.1. The van der Waals surface area contributed by atoms with Gasteiger partial charge in [0.25, 0.3) is 0 Å². The van der Waals surface area contributed by atoms with Crippen molar-refractivity contribution in [2.75, 3.05) is 0 Å². The lowest BCUT2D eigenvalue weighted by molar-refractivity contribution is 0.0318. The molecule has 0 saturated carbocycles. The highest BCUT2D eigenvalue weighted by atomic mass is 79.9. The molecule has 0 spiro atoms. The van der Waals surface area contributed by atoms with Gasteiger partial charge in [-0.25, -0.2) is 9.18 Å². The number of carbonyl (C=O) groups excluding carboxylic acids is 2. The molecule has 114 valence electrons. The largest absolute Gasteiger partial charge is 0.451 e. The Kier molecular flexibility index (Phi) is 5.08. The van der Waals surface area contributed by atoms with E-state index >= 15 is 0 Å². The zero-order valence-electron chi connectivity index (χ0n) is 12.1. The van der Waals surface area contributed by atoms with Crippen LogP contribution in [0.4, 0.5) is 4.39 Å². The fraction of sp³-hybridized carbons (Fsp3) is 0.176. The summed E-state index contributed by atoms with van der Waals surface area (Å²) in [6.07, 6.45) is -0.924. The fourth-order valence-electron chi connectivity index (χ4n) is 1.89. The summed E-state index contributed by atoms with van der Waals surface area (Å²) in [5.74, 6) is -1.43. The Morgan fingerprint density at radius 2 is 1.77 bits per heavy atom. The monoisotopic (exact) mass is 364 g/mol. The van der Waals surface area contributed by atoms with E-state index in [1.807, 2.05) is 19.1 Å². The SMILES string of the molecule is Cc1ccc(C(=O)[C@H](C)OC(=O)c2ccc(F)cc2Br)cc1. The Morgan fingerprint density at radius 1 is 1.14 bits per heavy atom. The van der Waals surface area contributed by atoms with E-state index in [9.17, 15) is 14.0 Å². The molecule has 2 aromatic carbocycles. The van der Waals surface area contributed by atoms with Crippen molar-refractivity contribution in [2.45, 2.75) is 20.0 Å². The number of benzene rings is 2. The summed E-state index contributed by atoms with van der Waals surface area (Å²) in [7, 11) is 0. The summed E-state index contributed by atoms with van der Waals surface area (Å²) in [6.45, 7) is 3.43. The van der Waals surface area contributed by atoms with Crippen LogP contribution >= 0.6 is 15.9 Å². The normalized spacial score (nSPS) is 11.8. The molecule has 0 aliphatic heterocycles. The second-order valence-electron chi connectivity index (χ2n) is 4.90. The molecular weight excluding hydrogens is 351 g/mol. The van der Waals surface area contributed by atoms with E-state index in [0.29, 0.717) is 5.56 Å². The van der Waals surface area contributed by atoms with Gasteiger partial charge in [0.1, 0.15) is 5.82 Å². The highest BCUT2D eigenvalue weighted by Crippen LogP contribution is 2.20. The Balaban J connectivity index is 2.10. The summed E-state index contributed by atoms with van der Waals surface area (Å²) in [4.78, 5) is 24.3. The first-order chi connectivity index (χ1) is 10.4. The molecule has 5 heteroatoms. The van der Waals surface area contributed by atoms with Crippen LogP contribution in [0.1, 0.15) is 33.2 Å². The summed E-state index contributed by atoms with van der Waals surface area (Å²) in [6, 6.07) is 10.7. The highest BCUT2D eigenvalue weighted by molar-refractivity contribution is 9.10. The van der Waals surface area contributed by atoms with Gasteiger partial charge in [0.15, 0.2) is 6.10 Å². The Hall–Kier alpha value is -2.01. The summed E-state index contributed by atoms with van der Waals surface area (Å²) < 4.78 is 18.5. The van der Waals surface area contributed by atoms with Crippen molar-refractivity contribution in [3.8, 4) is 0 Å². The molecule has 0 amide bonds. The van der Waals surface area contributed by atoms with Gasteiger partial charge in [0.2, 0.25) is 5.78 Å². The van der Waals surface area contributed by atoms with Crippen LogP contribution in [0.15, 0.2) is 46.9 Å². The molecule has 3 nitrogen and oxygen atoms in total. The van der Waals surface area contributed by atoms with Gasteiger partial charge in [-0.1, -0.05) is 29.8 Å². The van der Waals surface area contributed by atoms with E-state index in [4.69, 9.17) is 4.74 Å². The molecule has 0 aromatic heterocycles. The minimum Gasteiger partial charge on any atom is -0.451 e. The average molecular weight is 365 g/mol. The van der Waals surface area contributed by atoms with Crippen molar-refractivity contribution in [2.24, 2.45) is 0 Å². The number of esters is 1. The number of rotatable bonds is 4. The number of ketones is 1. The van der Waals surface area contributed by atoms with Gasteiger partial charge >= 0.3 is 5.97 Å². The molecular formula is C17H14BrFO3. The number of hydrogen-bond donors (Lipinski definition) is 0. The van der Waals surface area contributed by atoms with Gasteiger partial charge in [0.05, 0.1) is 5.56 Å². The molecule has 0 heterocycles. The maximum absolute atomic E-state index is 13.0. The maximum atomic E-state index is 13.0. The summed E-state index contributed by atoms with van der Waals surface area (Å²) >= 11 is 3.10.